The Kier molecular flexibility index (Phi) is 31.5. The van der Waals surface area contributed by atoms with Crippen LogP contribution < -0.4 is 0 Å². The second-order valence-corrected chi connectivity index (χ2v) is 20.2. The zero-order chi connectivity index (χ0) is 54.2. The van der Waals surface area contributed by atoms with E-state index in [1.54, 1.807) is 0 Å². The molecule has 14 N–H and O–H groups in total. The van der Waals surface area contributed by atoms with E-state index in [1.165, 1.54) is 38.5 Å². The van der Waals surface area contributed by atoms with Crippen LogP contribution in [0.5, 0.6) is 0 Å². The summed E-state index contributed by atoms with van der Waals surface area (Å²) in [5, 5.41) is 149. The van der Waals surface area contributed by atoms with Gasteiger partial charge in [0.05, 0.1) is 39.6 Å². The summed E-state index contributed by atoms with van der Waals surface area (Å²) in [6, 6.07) is 0. The van der Waals surface area contributed by atoms with Crippen LogP contribution in [0, 0.1) is 0 Å². The second-order valence-electron chi connectivity index (χ2n) is 20.2. The summed E-state index contributed by atoms with van der Waals surface area (Å²) in [5.41, 5.74) is 0. The summed E-state index contributed by atoms with van der Waals surface area (Å²) in [7, 11) is 0. The predicted molar refractivity (Wildman–Crippen MR) is 259 cm³/mol. The van der Waals surface area contributed by atoms with Crippen LogP contribution >= 0.6 is 0 Å². The molecule has 0 bridgehead atoms. The van der Waals surface area contributed by atoms with Crippen LogP contribution in [0.4, 0.5) is 0 Å². The number of hydrogen-bond acceptors (Lipinski definition) is 24. The van der Waals surface area contributed by atoms with Crippen molar-refractivity contribution in [2.24, 2.45) is 0 Å². The van der Waals surface area contributed by atoms with Crippen molar-refractivity contribution in [2.75, 3.05) is 52.9 Å². The summed E-state index contributed by atoms with van der Waals surface area (Å²) in [5.74, 6) is 0. The normalized spacial score (nSPS) is 37.8. The molecular formula is C50H94O24. The molecule has 0 aliphatic carbocycles. The zero-order valence-electron chi connectivity index (χ0n) is 43.4. The molecular weight excluding hydrogens is 985 g/mol. The molecule has 0 aromatic rings. The third kappa shape index (κ3) is 19.7. The Balaban J connectivity index is 1.55. The van der Waals surface area contributed by atoms with Gasteiger partial charge in [0.1, 0.15) is 110 Å². The van der Waals surface area contributed by atoms with Gasteiger partial charge in [0.15, 0.2) is 25.2 Å². The Morgan fingerprint density at radius 2 is 0.608 bits per heavy atom. The van der Waals surface area contributed by atoms with Crippen molar-refractivity contribution < 1.29 is 119 Å². The van der Waals surface area contributed by atoms with E-state index in [9.17, 15) is 71.5 Å². The minimum absolute atomic E-state index is 0.261. The SMILES string of the molecule is CCCCCCCCCCCOC[C@H](O[C@@H]1OC(CO)[C@@H](O[C@H]2OC(CO)[C@@H](O)[C@H](O)C2O)[C@H](O)C1O)[C@@H](COCCCCCCCCCCC)O[C@@H]1OC(CO)[C@@H](O[C@H]2OC(CO)[C@@H](O)[C@H](O)C2O)[C@H](O)C1O. The van der Waals surface area contributed by atoms with E-state index in [2.05, 4.69) is 13.8 Å². The number of unbranched alkanes of at least 4 members (excludes halogenated alkanes) is 16. The van der Waals surface area contributed by atoms with Crippen LogP contribution in [-0.4, -0.2) is 259 Å². The van der Waals surface area contributed by atoms with Gasteiger partial charge in [0.2, 0.25) is 0 Å². The molecule has 4 fully saturated rings. The Morgan fingerprint density at radius 3 is 0.919 bits per heavy atom. The molecule has 22 atom stereocenters. The first-order chi connectivity index (χ1) is 35.7. The fourth-order valence-corrected chi connectivity index (χ4v) is 9.58. The number of aliphatic hydroxyl groups is 14. The number of aliphatic hydroxyl groups excluding tert-OH is 14. The van der Waals surface area contributed by atoms with Gasteiger partial charge in [0.25, 0.3) is 0 Å². The van der Waals surface area contributed by atoms with Gasteiger partial charge in [-0.1, -0.05) is 117 Å². The van der Waals surface area contributed by atoms with E-state index in [0.29, 0.717) is 12.8 Å². The summed E-state index contributed by atoms with van der Waals surface area (Å²) >= 11 is 0. The van der Waals surface area contributed by atoms with E-state index >= 15 is 0 Å². The maximum atomic E-state index is 11.6. The molecule has 4 saturated heterocycles. The highest BCUT2D eigenvalue weighted by molar-refractivity contribution is 4.97. The zero-order valence-corrected chi connectivity index (χ0v) is 43.4. The molecule has 0 spiro atoms. The first-order valence-corrected chi connectivity index (χ1v) is 27.3. The van der Waals surface area contributed by atoms with Crippen LogP contribution in [-0.2, 0) is 47.4 Å². The minimum atomic E-state index is -1.95. The molecule has 0 amide bonds. The molecule has 8 unspecified atom stereocenters. The van der Waals surface area contributed by atoms with Gasteiger partial charge in [-0.15, -0.1) is 0 Å². The van der Waals surface area contributed by atoms with Crippen molar-refractivity contribution in [3.63, 3.8) is 0 Å². The molecule has 0 saturated carbocycles. The lowest BCUT2D eigenvalue weighted by atomic mass is 9.96. The molecule has 4 aliphatic rings. The van der Waals surface area contributed by atoms with E-state index in [-0.39, 0.29) is 26.4 Å². The van der Waals surface area contributed by atoms with Gasteiger partial charge in [-0.25, -0.2) is 0 Å². The molecule has 24 nitrogen and oxygen atoms in total. The van der Waals surface area contributed by atoms with Gasteiger partial charge in [0, 0.05) is 13.2 Å². The summed E-state index contributed by atoms with van der Waals surface area (Å²) in [6.45, 7) is 1.10. The molecule has 0 radical (unpaired) electrons. The highest BCUT2D eigenvalue weighted by atomic mass is 16.8. The smallest absolute Gasteiger partial charge is 0.187 e. The van der Waals surface area contributed by atoms with Gasteiger partial charge in [-0.3, -0.25) is 0 Å². The maximum absolute atomic E-state index is 11.6. The van der Waals surface area contributed by atoms with Crippen molar-refractivity contribution in [3.05, 3.63) is 0 Å². The molecule has 24 heteroatoms. The minimum Gasteiger partial charge on any atom is -0.394 e. The predicted octanol–water partition coefficient (Wildman–Crippen LogP) is -1.90. The highest BCUT2D eigenvalue weighted by Gasteiger charge is 2.54. The standard InChI is InChI=1S/C50H94O24/c1-3-5-7-9-11-13-15-17-19-21-65-27-33(71-47-43(63)39(59)45(31(25-53)69-47)73-49-41(61)37(57)35(55)29(23-51)67-49)34(28-66-22-20-18-16-14-12-10-8-6-4-2)72-48-44(64)40(60)46(32(26-54)70-48)74-50-42(62)38(58)36(56)30(24-52)68-50/h29-64H,3-28H2,1-2H3/t29?,30?,31?,32?,33-,34+,35-,36-,37+,38+,39-,40-,41?,42?,43?,44?,45-,46-,47+,48+,49-,50-/m1/s1. The van der Waals surface area contributed by atoms with Gasteiger partial charge >= 0.3 is 0 Å². The molecule has 4 aliphatic heterocycles. The first kappa shape index (κ1) is 65.6. The van der Waals surface area contributed by atoms with E-state index in [0.717, 1.165) is 64.2 Å². The van der Waals surface area contributed by atoms with Crippen molar-refractivity contribution in [2.45, 2.75) is 264 Å². The van der Waals surface area contributed by atoms with E-state index in [4.69, 9.17) is 47.4 Å². The monoisotopic (exact) mass is 1080 g/mol. The summed E-state index contributed by atoms with van der Waals surface area (Å²) < 4.78 is 59.4. The fourth-order valence-electron chi connectivity index (χ4n) is 9.58. The lowest BCUT2D eigenvalue weighted by Gasteiger charge is -2.47. The molecule has 4 rings (SSSR count). The van der Waals surface area contributed by atoms with Crippen LogP contribution in [0.15, 0.2) is 0 Å². The fraction of sp³-hybridized carbons (Fsp3) is 1.00. The lowest BCUT2D eigenvalue weighted by Crippen LogP contribution is -2.66. The summed E-state index contributed by atoms with van der Waals surface area (Å²) in [6.07, 6.45) is -18.2. The lowest BCUT2D eigenvalue weighted by molar-refractivity contribution is -0.377. The number of ether oxygens (including phenoxy) is 10. The van der Waals surface area contributed by atoms with Crippen LogP contribution in [0.3, 0.4) is 0 Å². The number of rotatable bonds is 37. The largest absolute Gasteiger partial charge is 0.394 e. The second kappa shape index (κ2) is 35.6. The topological polar surface area (TPSA) is 376 Å². The Labute approximate surface area is 435 Å². The van der Waals surface area contributed by atoms with Crippen LogP contribution in [0.2, 0.25) is 0 Å². The van der Waals surface area contributed by atoms with Crippen molar-refractivity contribution in [1.82, 2.24) is 0 Å². The van der Waals surface area contributed by atoms with Crippen molar-refractivity contribution >= 4 is 0 Å². The van der Waals surface area contributed by atoms with E-state index in [1.807, 2.05) is 0 Å². The third-order valence-corrected chi connectivity index (χ3v) is 14.3. The van der Waals surface area contributed by atoms with Crippen LogP contribution in [0.25, 0.3) is 0 Å². The van der Waals surface area contributed by atoms with Gasteiger partial charge in [-0.2, -0.15) is 0 Å². The van der Waals surface area contributed by atoms with Crippen molar-refractivity contribution in [3.8, 4) is 0 Å². The first-order valence-electron chi connectivity index (χ1n) is 27.3. The van der Waals surface area contributed by atoms with Crippen molar-refractivity contribution in [1.29, 1.82) is 0 Å². The molecule has 0 aromatic carbocycles. The molecule has 438 valence electrons. The Hall–Kier alpha value is -0.960. The van der Waals surface area contributed by atoms with Crippen LogP contribution in [0.1, 0.15) is 129 Å². The average molecular weight is 1080 g/mol. The summed E-state index contributed by atoms with van der Waals surface area (Å²) in [4.78, 5) is 0. The average Bonchev–Trinajstić information content (AvgIpc) is 3.40. The van der Waals surface area contributed by atoms with Gasteiger partial charge in [-0.05, 0) is 12.8 Å². The van der Waals surface area contributed by atoms with Gasteiger partial charge < -0.3 is 119 Å². The quantitative estimate of drug-likeness (QED) is 0.0302. The Morgan fingerprint density at radius 1 is 0.324 bits per heavy atom. The maximum Gasteiger partial charge on any atom is 0.187 e. The molecule has 74 heavy (non-hydrogen) atoms. The Bertz CT molecular complexity index is 1320. The third-order valence-electron chi connectivity index (χ3n) is 14.3. The van der Waals surface area contributed by atoms with E-state index < -0.39 is 161 Å². The highest BCUT2D eigenvalue weighted by Crippen LogP contribution is 2.33. The molecule has 4 heterocycles. The number of hydrogen-bond donors (Lipinski definition) is 14. The molecule has 0 aromatic heterocycles.